The van der Waals surface area contributed by atoms with Crippen molar-refractivity contribution in [2.24, 2.45) is 0 Å². The molecule has 0 fully saturated rings. The molecule has 1 heterocycles. The second-order valence-corrected chi connectivity index (χ2v) is 4.67. The molecule has 0 amide bonds. The summed E-state index contributed by atoms with van der Waals surface area (Å²) in [4.78, 5) is 10.6. The van der Waals surface area contributed by atoms with Crippen LogP contribution in [0.3, 0.4) is 0 Å². The molecule has 0 bridgehead atoms. The standard InChI is InChI=1S/C14H16ClN3/c1-10-4-11(2)6-13(5-10)18(3)14-9-16-8-12(7-15)17-14/h4-6,8-9H,7H2,1-3H3. The van der Waals surface area contributed by atoms with Crippen LogP contribution in [0.2, 0.25) is 0 Å². The third-order valence-corrected chi connectivity index (χ3v) is 3.02. The van der Waals surface area contributed by atoms with Crippen LogP contribution < -0.4 is 4.90 Å². The maximum absolute atomic E-state index is 5.78. The van der Waals surface area contributed by atoms with E-state index in [9.17, 15) is 0 Å². The number of nitrogens with zero attached hydrogens (tertiary/aromatic N) is 3. The molecule has 2 aromatic rings. The lowest BCUT2D eigenvalue weighted by Crippen LogP contribution is -2.12. The molecular weight excluding hydrogens is 246 g/mol. The van der Waals surface area contributed by atoms with Crippen molar-refractivity contribution >= 4 is 23.1 Å². The molecule has 18 heavy (non-hydrogen) atoms. The van der Waals surface area contributed by atoms with E-state index in [1.165, 1.54) is 11.1 Å². The Hall–Kier alpha value is -1.61. The molecular formula is C14H16ClN3. The second-order valence-electron chi connectivity index (χ2n) is 4.41. The van der Waals surface area contributed by atoms with Crippen LogP contribution in [-0.4, -0.2) is 17.0 Å². The molecule has 1 aromatic heterocycles. The predicted molar refractivity (Wildman–Crippen MR) is 75.6 cm³/mol. The Morgan fingerprint density at radius 2 is 1.78 bits per heavy atom. The zero-order valence-electron chi connectivity index (χ0n) is 10.8. The quantitative estimate of drug-likeness (QED) is 0.791. The van der Waals surface area contributed by atoms with E-state index < -0.39 is 0 Å². The first-order valence-electron chi connectivity index (χ1n) is 5.79. The number of aryl methyl sites for hydroxylation is 2. The van der Waals surface area contributed by atoms with E-state index in [-0.39, 0.29) is 0 Å². The van der Waals surface area contributed by atoms with Gasteiger partial charge in [0.05, 0.1) is 17.8 Å². The first-order valence-corrected chi connectivity index (χ1v) is 6.32. The Balaban J connectivity index is 2.37. The number of benzene rings is 1. The lowest BCUT2D eigenvalue weighted by molar-refractivity contribution is 1.03. The van der Waals surface area contributed by atoms with Crippen LogP contribution in [0, 0.1) is 13.8 Å². The number of rotatable bonds is 3. The van der Waals surface area contributed by atoms with Gasteiger partial charge in [-0.2, -0.15) is 0 Å². The van der Waals surface area contributed by atoms with Crippen molar-refractivity contribution in [2.75, 3.05) is 11.9 Å². The van der Waals surface area contributed by atoms with E-state index in [0.29, 0.717) is 5.88 Å². The van der Waals surface area contributed by atoms with Crippen molar-refractivity contribution in [1.29, 1.82) is 0 Å². The van der Waals surface area contributed by atoms with Gasteiger partial charge in [-0.15, -0.1) is 11.6 Å². The number of anilines is 2. The highest BCUT2D eigenvalue weighted by Crippen LogP contribution is 2.23. The van der Waals surface area contributed by atoms with E-state index >= 15 is 0 Å². The van der Waals surface area contributed by atoms with E-state index in [0.717, 1.165) is 17.2 Å². The van der Waals surface area contributed by atoms with Crippen molar-refractivity contribution in [2.45, 2.75) is 19.7 Å². The first-order chi connectivity index (χ1) is 8.60. The third-order valence-electron chi connectivity index (χ3n) is 2.75. The molecule has 94 valence electrons. The molecule has 4 heteroatoms. The molecule has 0 unspecified atom stereocenters. The zero-order chi connectivity index (χ0) is 13.1. The van der Waals surface area contributed by atoms with Gasteiger partial charge in [0.15, 0.2) is 5.82 Å². The van der Waals surface area contributed by atoms with Crippen molar-refractivity contribution in [3.05, 3.63) is 47.4 Å². The molecule has 0 radical (unpaired) electrons. The minimum atomic E-state index is 0.377. The Bertz CT molecular complexity index is 534. The molecule has 0 aliphatic rings. The van der Waals surface area contributed by atoms with Crippen LogP contribution in [0.5, 0.6) is 0 Å². The topological polar surface area (TPSA) is 29.0 Å². The Labute approximate surface area is 112 Å². The van der Waals surface area contributed by atoms with Gasteiger partial charge in [0, 0.05) is 18.9 Å². The van der Waals surface area contributed by atoms with Crippen LogP contribution >= 0.6 is 11.6 Å². The predicted octanol–water partition coefficient (Wildman–Crippen LogP) is 3.60. The summed E-state index contributed by atoms with van der Waals surface area (Å²) in [6.45, 7) is 4.18. The van der Waals surface area contributed by atoms with Gasteiger partial charge >= 0.3 is 0 Å². The Morgan fingerprint density at radius 3 is 2.39 bits per heavy atom. The van der Waals surface area contributed by atoms with Gasteiger partial charge in [-0.3, -0.25) is 4.98 Å². The summed E-state index contributed by atoms with van der Waals surface area (Å²) < 4.78 is 0. The molecule has 0 saturated heterocycles. The minimum absolute atomic E-state index is 0.377. The highest BCUT2D eigenvalue weighted by atomic mass is 35.5. The fourth-order valence-electron chi connectivity index (χ4n) is 1.90. The van der Waals surface area contributed by atoms with Crippen molar-refractivity contribution in [1.82, 2.24) is 9.97 Å². The highest BCUT2D eigenvalue weighted by Gasteiger charge is 2.07. The lowest BCUT2D eigenvalue weighted by Gasteiger charge is -2.19. The summed E-state index contributed by atoms with van der Waals surface area (Å²) in [5.41, 5.74) is 4.36. The smallest absolute Gasteiger partial charge is 0.151 e. The summed E-state index contributed by atoms with van der Waals surface area (Å²) in [7, 11) is 1.98. The average molecular weight is 262 g/mol. The summed E-state index contributed by atoms with van der Waals surface area (Å²) in [5, 5.41) is 0. The Morgan fingerprint density at radius 1 is 1.11 bits per heavy atom. The molecule has 0 atom stereocenters. The van der Waals surface area contributed by atoms with E-state index in [2.05, 4.69) is 42.0 Å². The molecule has 1 aromatic carbocycles. The molecule has 0 N–H and O–H groups in total. The maximum atomic E-state index is 5.78. The molecule has 0 spiro atoms. The monoisotopic (exact) mass is 261 g/mol. The maximum Gasteiger partial charge on any atom is 0.151 e. The summed E-state index contributed by atoms with van der Waals surface area (Å²) in [6.07, 6.45) is 3.43. The Kier molecular flexibility index (Phi) is 3.82. The fraction of sp³-hybridized carbons (Fsp3) is 0.286. The van der Waals surface area contributed by atoms with Crippen molar-refractivity contribution in [3.8, 4) is 0 Å². The molecule has 2 rings (SSSR count). The highest BCUT2D eigenvalue weighted by molar-refractivity contribution is 6.16. The van der Waals surface area contributed by atoms with Gasteiger partial charge < -0.3 is 4.90 Å². The first kappa shape index (κ1) is 12.8. The molecule has 0 aliphatic heterocycles. The average Bonchev–Trinajstić information content (AvgIpc) is 2.37. The number of alkyl halides is 1. The van der Waals surface area contributed by atoms with E-state index in [1.807, 2.05) is 11.9 Å². The third kappa shape index (κ3) is 2.79. The van der Waals surface area contributed by atoms with E-state index in [4.69, 9.17) is 11.6 Å². The van der Waals surface area contributed by atoms with Crippen LogP contribution in [0.1, 0.15) is 16.8 Å². The van der Waals surface area contributed by atoms with Crippen LogP contribution in [0.4, 0.5) is 11.5 Å². The van der Waals surface area contributed by atoms with Crippen molar-refractivity contribution in [3.63, 3.8) is 0 Å². The van der Waals surface area contributed by atoms with Crippen LogP contribution in [-0.2, 0) is 5.88 Å². The van der Waals surface area contributed by atoms with Gasteiger partial charge in [0.1, 0.15) is 0 Å². The van der Waals surface area contributed by atoms with Gasteiger partial charge in [0.2, 0.25) is 0 Å². The molecule has 3 nitrogen and oxygen atoms in total. The zero-order valence-corrected chi connectivity index (χ0v) is 11.6. The van der Waals surface area contributed by atoms with Crippen LogP contribution in [0.15, 0.2) is 30.6 Å². The second kappa shape index (κ2) is 5.36. The SMILES string of the molecule is Cc1cc(C)cc(N(C)c2cncc(CCl)n2)c1. The number of halogens is 1. The van der Waals surface area contributed by atoms with Crippen LogP contribution in [0.25, 0.3) is 0 Å². The van der Waals surface area contributed by atoms with Crippen molar-refractivity contribution < 1.29 is 0 Å². The summed E-state index contributed by atoms with van der Waals surface area (Å²) in [6, 6.07) is 6.41. The number of hydrogen-bond acceptors (Lipinski definition) is 3. The van der Waals surface area contributed by atoms with Gasteiger partial charge in [-0.1, -0.05) is 6.07 Å². The number of aromatic nitrogens is 2. The summed E-state index contributed by atoms with van der Waals surface area (Å²) in [5.74, 6) is 1.18. The van der Waals surface area contributed by atoms with Gasteiger partial charge in [-0.05, 0) is 37.1 Å². The van der Waals surface area contributed by atoms with Gasteiger partial charge in [-0.25, -0.2) is 4.98 Å². The van der Waals surface area contributed by atoms with Gasteiger partial charge in [0.25, 0.3) is 0 Å². The summed E-state index contributed by atoms with van der Waals surface area (Å²) >= 11 is 5.78. The largest absolute Gasteiger partial charge is 0.328 e. The number of hydrogen-bond donors (Lipinski definition) is 0. The normalized spacial score (nSPS) is 10.4. The molecule has 0 saturated carbocycles. The minimum Gasteiger partial charge on any atom is -0.328 e. The molecule has 0 aliphatic carbocycles. The lowest BCUT2D eigenvalue weighted by atomic mass is 10.1. The fourth-order valence-corrected chi connectivity index (χ4v) is 2.03. The van der Waals surface area contributed by atoms with E-state index in [1.54, 1.807) is 12.4 Å².